The first-order valence-electron chi connectivity index (χ1n) is 8.41. The number of esters is 1. The minimum absolute atomic E-state index is 0.0402. The van der Waals surface area contributed by atoms with Crippen molar-refractivity contribution in [1.29, 1.82) is 0 Å². The minimum Gasteiger partial charge on any atom is -0.459 e. The third kappa shape index (κ3) is 5.90. The van der Waals surface area contributed by atoms with Crippen molar-refractivity contribution in [3.63, 3.8) is 0 Å². The number of furan rings is 1. The molecule has 0 bridgehead atoms. The summed E-state index contributed by atoms with van der Waals surface area (Å²) in [5.41, 5.74) is 0.763. The van der Waals surface area contributed by atoms with Crippen LogP contribution in [0.2, 0.25) is 0 Å². The molecule has 10 nitrogen and oxygen atoms in total. The van der Waals surface area contributed by atoms with Crippen molar-refractivity contribution < 1.29 is 32.0 Å². The van der Waals surface area contributed by atoms with E-state index in [9.17, 15) is 22.8 Å². The molecule has 2 N–H and O–H groups in total. The fraction of sp³-hybridized carbons (Fsp3) is 0.278. The maximum Gasteiger partial charge on any atom is 0.325 e. The molecule has 0 saturated heterocycles. The smallest absolute Gasteiger partial charge is 0.325 e. The number of sulfonamides is 1. The summed E-state index contributed by atoms with van der Waals surface area (Å²) in [6, 6.07) is 7.38. The fourth-order valence-electron chi connectivity index (χ4n) is 2.19. The van der Waals surface area contributed by atoms with Crippen molar-refractivity contribution in [3.05, 3.63) is 47.9 Å². The molecular weight excluding hydrogens is 402 g/mol. The van der Waals surface area contributed by atoms with E-state index in [1.165, 1.54) is 44.6 Å². The van der Waals surface area contributed by atoms with Crippen molar-refractivity contribution in [2.24, 2.45) is 0 Å². The molecule has 1 aromatic carbocycles. The standard InChI is InChI=1S/C18H21N3O7S/c1-12-6-7-13(9-15(12)29(25,26)21(2)3)20-16(22)11-28-17(23)10-19-18(24)14-5-4-8-27-14/h4-9H,10-11H2,1-3H3,(H,19,24)(H,20,22). The highest BCUT2D eigenvalue weighted by Crippen LogP contribution is 2.22. The molecule has 1 heterocycles. The number of amides is 2. The lowest BCUT2D eigenvalue weighted by Gasteiger charge is -2.15. The van der Waals surface area contributed by atoms with Crippen LogP contribution in [-0.4, -0.2) is 57.8 Å². The van der Waals surface area contributed by atoms with Gasteiger partial charge in [0.1, 0.15) is 6.54 Å². The molecule has 2 rings (SSSR count). The Morgan fingerprint density at radius 1 is 1.17 bits per heavy atom. The third-order valence-electron chi connectivity index (χ3n) is 3.73. The number of ether oxygens (including phenoxy) is 1. The lowest BCUT2D eigenvalue weighted by Crippen LogP contribution is -2.32. The number of anilines is 1. The summed E-state index contributed by atoms with van der Waals surface area (Å²) in [7, 11) is -0.863. The zero-order chi connectivity index (χ0) is 21.6. The molecule has 0 fully saturated rings. The molecule has 11 heteroatoms. The largest absolute Gasteiger partial charge is 0.459 e. The van der Waals surface area contributed by atoms with E-state index in [1.807, 2.05) is 0 Å². The second-order valence-electron chi connectivity index (χ2n) is 6.14. The molecule has 0 unspecified atom stereocenters. The molecule has 0 saturated carbocycles. The second-order valence-corrected chi connectivity index (χ2v) is 8.26. The van der Waals surface area contributed by atoms with Gasteiger partial charge >= 0.3 is 5.97 Å². The van der Waals surface area contributed by atoms with Gasteiger partial charge in [0.05, 0.1) is 11.2 Å². The molecule has 2 amide bonds. The van der Waals surface area contributed by atoms with Gasteiger partial charge < -0.3 is 19.8 Å². The molecule has 0 aliphatic carbocycles. The molecule has 2 aromatic rings. The molecule has 0 radical (unpaired) electrons. The summed E-state index contributed by atoms with van der Waals surface area (Å²) in [5, 5.41) is 4.75. The highest BCUT2D eigenvalue weighted by Gasteiger charge is 2.20. The van der Waals surface area contributed by atoms with Crippen molar-refractivity contribution in [3.8, 4) is 0 Å². The van der Waals surface area contributed by atoms with Crippen LogP contribution >= 0.6 is 0 Å². The van der Waals surface area contributed by atoms with Gasteiger partial charge in [-0.2, -0.15) is 0 Å². The van der Waals surface area contributed by atoms with E-state index in [2.05, 4.69) is 10.6 Å². The highest BCUT2D eigenvalue weighted by molar-refractivity contribution is 7.89. The Morgan fingerprint density at radius 2 is 1.90 bits per heavy atom. The Kier molecular flexibility index (Phi) is 7.13. The molecule has 0 atom stereocenters. The average Bonchev–Trinajstić information content (AvgIpc) is 3.20. The number of hydrogen-bond acceptors (Lipinski definition) is 7. The number of carbonyl (C=O) groups excluding carboxylic acids is 3. The van der Waals surface area contributed by atoms with Gasteiger partial charge in [-0.1, -0.05) is 6.07 Å². The number of rotatable bonds is 8. The van der Waals surface area contributed by atoms with E-state index >= 15 is 0 Å². The summed E-state index contributed by atoms with van der Waals surface area (Å²) < 4.78 is 35.4. The Balaban J connectivity index is 1.88. The molecule has 0 spiro atoms. The van der Waals surface area contributed by atoms with Gasteiger partial charge in [0.15, 0.2) is 12.4 Å². The van der Waals surface area contributed by atoms with E-state index in [-0.39, 0.29) is 16.3 Å². The van der Waals surface area contributed by atoms with E-state index in [4.69, 9.17) is 9.15 Å². The predicted octanol–water partition coefficient (Wildman–Crippen LogP) is 0.750. The lowest BCUT2D eigenvalue weighted by atomic mass is 10.2. The monoisotopic (exact) mass is 423 g/mol. The number of carbonyl (C=O) groups is 3. The normalized spacial score (nSPS) is 11.2. The molecule has 0 aliphatic heterocycles. The fourth-order valence-corrected chi connectivity index (χ4v) is 3.34. The van der Waals surface area contributed by atoms with Gasteiger partial charge in [-0.25, -0.2) is 12.7 Å². The molecule has 156 valence electrons. The minimum atomic E-state index is -3.68. The predicted molar refractivity (Wildman–Crippen MR) is 103 cm³/mol. The van der Waals surface area contributed by atoms with Gasteiger partial charge in [-0.3, -0.25) is 14.4 Å². The SMILES string of the molecule is Cc1ccc(NC(=O)COC(=O)CNC(=O)c2ccco2)cc1S(=O)(=O)N(C)C. The maximum absolute atomic E-state index is 12.3. The van der Waals surface area contributed by atoms with Crippen LogP contribution in [0.3, 0.4) is 0 Å². The second kappa shape index (κ2) is 9.34. The first-order chi connectivity index (χ1) is 13.6. The molecule has 0 aliphatic rings. The maximum atomic E-state index is 12.3. The lowest BCUT2D eigenvalue weighted by molar-refractivity contribution is -0.146. The third-order valence-corrected chi connectivity index (χ3v) is 5.69. The van der Waals surface area contributed by atoms with Crippen LogP contribution < -0.4 is 10.6 Å². The Morgan fingerprint density at radius 3 is 2.52 bits per heavy atom. The van der Waals surface area contributed by atoms with E-state index in [1.54, 1.807) is 13.0 Å². The molecule has 29 heavy (non-hydrogen) atoms. The average molecular weight is 423 g/mol. The Bertz CT molecular complexity index is 998. The summed E-state index contributed by atoms with van der Waals surface area (Å²) in [4.78, 5) is 35.3. The van der Waals surface area contributed by atoms with Crippen LogP contribution in [0.15, 0.2) is 45.9 Å². The number of nitrogens with zero attached hydrogens (tertiary/aromatic N) is 1. The number of benzene rings is 1. The molecular formula is C18H21N3O7S. The van der Waals surface area contributed by atoms with Crippen LogP contribution in [0.5, 0.6) is 0 Å². The van der Waals surface area contributed by atoms with Crippen LogP contribution in [0.1, 0.15) is 16.1 Å². The molecule has 1 aromatic heterocycles. The summed E-state index contributed by atoms with van der Waals surface area (Å²) in [6.45, 7) is 0.600. The first kappa shape index (κ1) is 22.1. The zero-order valence-corrected chi connectivity index (χ0v) is 16.9. The van der Waals surface area contributed by atoms with Crippen LogP contribution in [0.4, 0.5) is 5.69 Å². The number of aryl methyl sites for hydroxylation is 1. The van der Waals surface area contributed by atoms with E-state index in [0.29, 0.717) is 5.56 Å². The van der Waals surface area contributed by atoms with E-state index in [0.717, 1.165) is 4.31 Å². The Labute approximate surface area is 167 Å². The van der Waals surface area contributed by atoms with E-state index < -0.39 is 41.0 Å². The number of nitrogens with one attached hydrogen (secondary N) is 2. The van der Waals surface area contributed by atoms with Gasteiger partial charge in [0, 0.05) is 19.8 Å². The quantitative estimate of drug-likeness (QED) is 0.598. The van der Waals surface area contributed by atoms with Crippen LogP contribution in [0, 0.1) is 6.92 Å². The summed E-state index contributed by atoms with van der Waals surface area (Å²) in [6.07, 6.45) is 1.32. The van der Waals surface area contributed by atoms with Crippen molar-refractivity contribution in [2.75, 3.05) is 32.6 Å². The van der Waals surface area contributed by atoms with Crippen molar-refractivity contribution >= 4 is 33.5 Å². The van der Waals surface area contributed by atoms with Gasteiger partial charge in [0.2, 0.25) is 10.0 Å². The highest BCUT2D eigenvalue weighted by atomic mass is 32.2. The topological polar surface area (TPSA) is 135 Å². The summed E-state index contributed by atoms with van der Waals surface area (Å²) >= 11 is 0. The summed E-state index contributed by atoms with van der Waals surface area (Å²) in [5.74, 6) is -2.03. The van der Waals surface area contributed by atoms with Crippen LogP contribution in [-0.2, 0) is 24.3 Å². The first-order valence-corrected chi connectivity index (χ1v) is 9.85. The number of hydrogen-bond donors (Lipinski definition) is 2. The van der Waals surface area contributed by atoms with Crippen molar-refractivity contribution in [1.82, 2.24) is 9.62 Å². The van der Waals surface area contributed by atoms with Gasteiger partial charge in [-0.15, -0.1) is 0 Å². The van der Waals surface area contributed by atoms with Crippen LogP contribution in [0.25, 0.3) is 0 Å². The van der Waals surface area contributed by atoms with Gasteiger partial charge in [-0.05, 0) is 36.8 Å². The van der Waals surface area contributed by atoms with Crippen molar-refractivity contribution in [2.45, 2.75) is 11.8 Å². The Hall–Kier alpha value is -3.18. The zero-order valence-electron chi connectivity index (χ0n) is 16.1. The van der Waals surface area contributed by atoms with Gasteiger partial charge in [0.25, 0.3) is 11.8 Å².